The van der Waals surface area contributed by atoms with Gasteiger partial charge < -0.3 is 34.2 Å². The van der Waals surface area contributed by atoms with Crippen LogP contribution < -0.4 is 20.3 Å². The van der Waals surface area contributed by atoms with Gasteiger partial charge in [-0.25, -0.2) is 4.79 Å². The minimum Gasteiger partial charge on any atom is -0.495 e. The highest BCUT2D eigenvalue weighted by molar-refractivity contribution is 7.80. The lowest BCUT2D eigenvalue weighted by Crippen LogP contribution is -2.29. The molecule has 1 fully saturated rings. The molecule has 2 unspecified atom stereocenters. The molecule has 1 aliphatic heterocycles. The van der Waals surface area contributed by atoms with Crippen molar-refractivity contribution in [1.82, 2.24) is 10.3 Å². The van der Waals surface area contributed by atoms with Gasteiger partial charge >= 0.3 is 5.97 Å². The first-order valence-electron chi connectivity index (χ1n) is 12.7. The van der Waals surface area contributed by atoms with Crippen LogP contribution in [0.15, 0.2) is 83.4 Å². The molecular weight excluding hydrogens is 544 g/mol. The average Bonchev–Trinajstić information content (AvgIpc) is 3.62. The predicted octanol–water partition coefficient (Wildman–Crippen LogP) is 4.90. The zero-order valence-electron chi connectivity index (χ0n) is 22.6. The number of rotatable bonds is 9. The minimum atomic E-state index is -0.420. The second-order valence-corrected chi connectivity index (χ2v) is 9.52. The number of thiocarbonyl (C=S) groups is 1. The summed E-state index contributed by atoms with van der Waals surface area (Å²) in [5, 5.41) is 6.69. The van der Waals surface area contributed by atoms with E-state index in [0.29, 0.717) is 39.3 Å². The van der Waals surface area contributed by atoms with Crippen LogP contribution in [0.4, 0.5) is 11.4 Å². The molecule has 10 nitrogen and oxygen atoms in total. The maximum atomic E-state index is 12.3. The molecule has 0 radical (unpaired) electrons. The quantitative estimate of drug-likeness (QED) is 0.212. The van der Waals surface area contributed by atoms with Crippen molar-refractivity contribution in [3.8, 4) is 17.1 Å². The van der Waals surface area contributed by atoms with Crippen molar-refractivity contribution in [1.29, 1.82) is 0 Å². The number of carbonyl (C=O) groups is 2. The van der Waals surface area contributed by atoms with Gasteiger partial charge in [0.1, 0.15) is 29.9 Å². The highest BCUT2D eigenvalue weighted by Crippen LogP contribution is 2.44. The van der Waals surface area contributed by atoms with Crippen molar-refractivity contribution in [2.75, 3.05) is 38.2 Å². The Labute approximate surface area is 242 Å². The van der Waals surface area contributed by atoms with Crippen molar-refractivity contribution >= 4 is 40.6 Å². The molecule has 3 heterocycles. The fourth-order valence-electron chi connectivity index (χ4n) is 4.74. The van der Waals surface area contributed by atoms with Crippen molar-refractivity contribution in [3.05, 3.63) is 96.0 Å². The lowest BCUT2D eigenvalue weighted by atomic mass is 10.0. The number of esters is 1. The van der Waals surface area contributed by atoms with Gasteiger partial charge in [0.05, 0.1) is 37.2 Å². The standard InChI is InChI=1S/C30H28N4O6S/c1-37-17-26(35)32-22-16-20(11-12-24(22)38-2)34-28(27(33-30(34)41)21-6-4-5-15-31-21)25-14-13-23(40-25)18-7-9-19(10-8-18)29(36)39-3/h4-16,27-28H,17H2,1-3H3,(H,32,35)(H,33,41). The molecule has 0 spiro atoms. The van der Waals surface area contributed by atoms with E-state index in [1.54, 1.807) is 42.6 Å². The molecule has 11 heteroatoms. The maximum absolute atomic E-state index is 12.3. The van der Waals surface area contributed by atoms with Gasteiger partial charge in [-0.15, -0.1) is 0 Å². The van der Waals surface area contributed by atoms with Crippen molar-refractivity contribution < 1.29 is 28.2 Å². The first-order chi connectivity index (χ1) is 19.9. The lowest BCUT2D eigenvalue weighted by molar-refractivity contribution is -0.119. The molecule has 2 atom stereocenters. The first-order valence-corrected chi connectivity index (χ1v) is 13.1. The van der Waals surface area contributed by atoms with Crippen molar-refractivity contribution in [3.63, 3.8) is 0 Å². The molecule has 0 saturated carbocycles. The number of amides is 1. The summed E-state index contributed by atoms with van der Waals surface area (Å²) in [4.78, 5) is 30.7. The molecule has 2 aromatic heterocycles. The molecule has 210 valence electrons. The van der Waals surface area contributed by atoms with E-state index in [0.717, 1.165) is 11.3 Å². The van der Waals surface area contributed by atoms with Gasteiger partial charge in [-0.1, -0.05) is 18.2 Å². The number of hydrogen-bond acceptors (Lipinski definition) is 8. The summed E-state index contributed by atoms with van der Waals surface area (Å²) in [5.41, 5.74) is 3.21. The summed E-state index contributed by atoms with van der Waals surface area (Å²) < 4.78 is 21.6. The largest absolute Gasteiger partial charge is 0.495 e. The van der Waals surface area contributed by atoms with Crippen LogP contribution >= 0.6 is 12.2 Å². The average molecular weight is 573 g/mol. The Morgan fingerprint density at radius 1 is 1.05 bits per heavy atom. The summed E-state index contributed by atoms with van der Waals surface area (Å²) in [6, 6.07) is 21.1. The summed E-state index contributed by atoms with van der Waals surface area (Å²) in [5.74, 6) is 1.03. The summed E-state index contributed by atoms with van der Waals surface area (Å²) in [6.07, 6.45) is 1.73. The summed E-state index contributed by atoms with van der Waals surface area (Å²) in [7, 11) is 4.33. The van der Waals surface area contributed by atoms with Gasteiger partial charge in [-0.3, -0.25) is 9.78 Å². The Bertz CT molecular complexity index is 1560. The van der Waals surface area contributed by atoms with E-state index in [4.69, 9.17) is 30.8 Å². The third-order valence-electron chi connectivity index (χ3n) is 6.62. The third-order valence-corrected chi connectivity index (χ3v) is 6.93. The number of benzene rings is 2. The van der Waals surface area contributed by atoms with Gasteiger partial charge in [0, 0.05) is 24.6 Å². The van der Waals surface area contributed by atoms with E-state index in [9.17, 15) is 9.59 Å². The lowest BCUT2D eigenvalue weighted by Gasteiger charge is -2.27. The maximum Gasteiger partial charge on any atom is 0.337 e. The number of furan rings is 1. The molecule has 1 aliphatic rings. The van der Waals surface area contributed by atoms with Crippen LogP contribution in [0.1, 0.15) is 33.9 Å². The molecule has 2 N–H and O–H groups in total. The normalized spacial score (nSPS) is 16.3. The summed E-state index contributed by atoms with van der Waals surface area (Å²) in [6.45, 7) is -0.1000. The molecule has 4 aromatic rings. The smallest absolute Gasteiger partial charge is 0.337 e. The van der Waals surface area contributed by atoms with Crippen LogP contribution in [0.2, 0.25) is 0 Å². The Morgan fingerprint density at radius 2 is 1.85 bits per heavy atom. The second kappa shape index (κ2) is 12.2. The number of nitrogens with zero attached hydrogens (tertiary/aromatic N) is 2. The van der Waals surface area contributed by atoms with E-state index in [1.165, 1.54) is 21.3 Å². The van der Waals surface area contributed by atoms with Gasteiger partial charge in [0.2, 0.25) is 5.91 Å². The molecule has 5 rings (SSSR count). The summed E-state index contributed by atoms with van der Waals surface area (Å²) >= 11 is 5.82. The molecule has 1 saturated heterocycles. The minimum absolute atomic E-state index is 0.1000. The number of carbonyl (C=O) groups excluding carboxylic acids is 2. The Balaban J connectivity index is 1.55. The van der Waals surface area contributed by atoms with Crippen LogP contribution in [0.3, 0.4) is 0 Å². The number of nitrogens with one attached hydrogen (secondary N) is 2. The Morgan fingerprint density at radius 3 is 2.54 bits per heavy atom. The third kappa shape index (κ3) is 5.76. The van der Waals surface area contributed by atoms with E-state index in [-0.39, 0.29) is 18.6 Å². The van der Waals surface area contributed by atoms with Crippen LogP contribution in [0, 0.1) is 0 Å². The number of ether oxygens (including phenoxy) is 3. The predicted molar refractivity (Wildman–Crippen MR) is 157 cm³/mol. The van der Waals surface area contributed by atoms with Crippen molar-refractivity contribution in [2.45, 2.75) is 12.1 Å². The Kier molecular flexibility index (Phi) is 8.27. The fourth-order valence-corrected chi connectivity index (χ4v) is 5.08. The van der Waals surface area contributed by atoms with Gasteiger partial charge in [-0.2, -0.15) is 0 Å². The molecule has 0 bridgehead atoms. The fraction of sp³-hybridized carbons (Fsp3) is 0.200. The van der Waals surface area contributed by atoms with E-state index < -0.39 is 12.0 Å². The molecule has 2 aromatic carbocycles. The number of methoxy groups -OCH3 is 3. The molecule has 41 heavy (non-hydrogen) atoms. The SMILES string of the molecule is COCC(=O)Nc1cc(N2C(=S)NC(c3ccccn3)C2c2ccc(-c3ccc(C(=O)OC)cc3)o2)ccc1OC. The van der Waals surface area contributed by atoms with Gasteiger partial charge in [-0.05, 0) is 66.8 Å². The van der Waals surface area contributed by atoms with Gasteiger partial charge in [0.25, 0.3) is 0 Å². The molecule has 1 amide bonds. The van der Waals surface area contributed by atoms with E-state index >= 15 is 0 Å². The van der Waals surface area contributed by atoms with Gasteiger partial charge in [0.15, 0.2) is 5.11 Å². The number of pyridine rings is 1. The first kappa shape index (κ1) is 27.8. The van der Waals surface area contributed by atoms with E-state index in [2.05, 4.69) is 15.6 Å². The van der Waals surface area contributed by atoms with Crippen LogP contribution in [-0.2, 0) is 14.3 Å². The molecule has 0 aliphatic carbocycles. The van der Waals surface area contributed by atoms with Crippen LogP contribution in [-0.4, -0.2) is 49.9 Å². The molecular formula is C30H28N4O6S. The van der Waals surface area contributed by atoms with Crippen molar-refractivity contribution in [2.24, 2.45) is 0 Å². The monoisotopic (exact) mass is 572 g/mol. The van der Waals surface area contributed by atoms with Crippen LogP contribution in [0.25, 0.3) is 11.3 Å². The zero-order valence-corrected chi connectivity index (χ0v) is 23.4. The van der Waals surface area contributed by atoms with E-state index in [1.807, 2.05) is 41.3 Å². The number of hydrogen-bond donors (Lipinski definition) is 2. The topological polar surface area (TPSA) is 115 Å². The van der Waals surface area contributed by atoms with Crippen LogP contribution in [0.5, 0.6) is 5.75 Å². The zero-order chi connectivity index (χ0) is 28.9. The number of anilines is 2. The highest BCUT2D eigenvalue weighted by atomic mass is 32.1. The number of aromatic nitrogens is 1. The highest BCUT2D eigenvalue weighted by Gasteiger charge is 2.42. The Hall–Kier alpha value is -4.74. The second-order valence-electron chi connectivity index (χ2n) is 9.13.